The first-order chi connectivity index (χ1) is 9.22. The number of hydrogen-bond acceptors (Lipinski definition) is 4. The molecule has 1 aromatic heterocycles. The fourth-order valence-electron chi connectivity index (χ4n) is 1.89. The summed E-state index contributed by atoms with van der Waals surface area (Å²) in [4.78, 5) is 3.57. The molecule has 4 heteroatoms. The average molecular weight is 308 g/mol. The summed E-state index contributed by atoms with van der Waals surface area (Å²) in [6.07, 6.45) is 4.27. The maximum atomic E-state index is 5.13. The predicted octanol–water partition coefficient (Wildman–Crippen LogP) is 5.56. The Hall–Kier alpha value is -0.970. The van der Waals surface area contributed by atoms with Crippen LogP contribution in [0, 0.1) is 3.82 Å². The van der Waals surface area contributed by atoms with Gasteiger partial charge in [0.05, 0.1) is 0 Å². The molecule has 0 bridgehead atoms. The first-order valence-corrected chi connectivity index (χ1v) is 8.92. The lowest BCUT2D eigenvalue weighted by Gasteiger charge is -2.20. The molecule has 0 saturated carbocycles. The molecule has 0 spiro atoms. The standard InChI is InChI=1S/C15H17NS3/c1-3-16(4-2)13-8-5-12(6-9-13)7-10-14-11-15(17)19-18-14/h5-11H,3-4H2,1-2H3/b10-7+. The van der Waals surface area contributed by atoms with Crippen molar-refractivity contribution >= 4 is 50.7 Å². The van der Waals surface area contributed by atoms with E-state index in [1.54, 1.807) is 20.7 Å². The summed E-state index contributed by atoms with van der Waals surface area (Å²) >= 11 is 5.13. The molecule has 1 nitrogen and oxygen atoms in total. The van der Waals surface area contributed by atoms with Crippen molar-refractivity contribution in [3.05, 3.63) is 44.6 Å². The summed E-state index contributed by atoms with van der Waals surface area (Å²) in [7, 11) is 3.38. The van der Waals surface area contributed by atoms with Crippen LogP contribution in [0.1, 0.15) is 24.3 Å². The van der Waals surface area contributed by atoms with E-state index in [9.17, 15) is 0 Å². The first kappa shape index (κ1) is 14.4. The van der Waals surface area contributed by atoms with Crippen molar-refractivity contribution in [1.82, 2.24) is 0 Å². The molecule has 0 N–H and O–H groups in total. The van der Waals surface area contributed by atoms with Gasteiger partial charge < -0.3 is 4.90 Å². The molecule has 0 aliphatic heterocycles. The van der Waals surface area contributed by atoms with E-state index >= 15 is 0 Å². The Morgan fingerprint density at radius 2 is 1.74 bits per heavy atom. The van der Waals surface area contributed by atoms with Crippen LogP contribution in [0.4, 0.5) is 5.69 Å². The predicted molar refractivity (Wildman–Crippen MR) is 92.0 cm³/mol. The van der Waals surface area contributed by atoms with Crippen molar-refractivity contribution in [2.24, 2.45) is 0 Å². The van der Waals surface area contributed by atoms with Gasteiger partial charge in [0.2, 0.25) is 0 Å². The quantitative estimate of drug-likeness (QED) is 0.526. The third kappa shape index (κ3) is 4.00. The molecule has 0 unspecified atom stereocenters. The molecular formula is C15H17NS3. The van der Waals surface area contributed by atoms with Gasteiger partial charge in [-0.05, 0) is 43.7 Å². The van der Waals surface area contributed by atoms with E-state index in [0.29, 0.717) is 0 Å². The number of hydrogen-bond donors (Lipinski definition) is 0. The molecule has 100 valence electrons. The highest BCUT2D eigenvalue weighted by molar-refractivity contribution is 7.79. The van der Waals surface area contributed by atoms with Crippen LogP contribution in [0.25, 0.3) is 12.2 Å². The Morgan fingerprint density at radius 1 is 1.05 bits per heavy atom. The fraction of sp³-hybridized carbons (Fsp3) is 0.267. The van der Waals surface area contributed by atoms with Gasteiger partial charge in [0.15, 0.2) is 0 Å². The normalized spacial score (nSPS) is 11.1. The van der Waals surface area contributed by atoms with Crippen molar-refractivity contribution in [1.29, 1.82) is 0 Å². The summed E-state index contributed by atoms with van der Waals surface area (Å²) < 4.78 is 0.960. The van der Waals surface area contributed by atoms with E-state index in [0.717, 1.165) is 16.9 Å². The topological polar surface area (TPSA) is 3.24 Å². The molecule has 0 amide bonds. The van der Waals surface area contributed by atoms with Gasteiger partial charge in [-0.3, -0.25) is 0 Å². The van der Waals surface area contributed by atoms with Crippen LogP contribution in [0.5, 0.6) is 0 Å². The monoisotopic (exact) mass is 307 g/mol. The smallest absolute Gasteiger partial charge is 0.102 e. The maximum absolute atomic E-state index is 5.13. The van der Waals surface area contributed by atoms with Crippen LogP contribution in [0.3, 0.4) is 0 Å². The summed E-state index contributed by atoms with van der Waals surface area (Å²) in [5.74, 6) is 0. The van der Waals surface area contributed by atoms with Crippen LogP contribution in [-0.4, -0.2) is 13.1 Å². The molecule has 1 aromatic carbocycles. The number of nitrogens with zero attached hydrogens (tertiary/aromatic N) is 1. The summed E-state index contributed by atoms with van der Waals surface area (Å²) in [5, 5.41) is 0. The van der Waals surface area contributed by atoms with Crippen molar-refractivity contribution < 1.29 is 0 Å². The highest BCUT2D eigenvalue weighted by atomic mass is 32.9. The number of rotatable bonds is 5. The molecule has 1 heterocycles. The fourth-order valence-corrected chi connectivity index (χ4v) is 4.11. The van der Waals surface area contributed by atoms with Gasteiger partial charge >= 0.3 is 0 Å². The highest BCUT2D eigenvalue weighted by Gasteiger charge is 2.00. The van der Waals surface area contributed by atoms with Crippen LogP contribution >= 0.6 is 32.9 Å². The lowest BCUT2D eigenvalue weighted by Crippen LogP contribution is -2.21. The molecule has 19 heavy (non-hydrogen) atoms. The molecular weight excluding hydrogens is 290 g/mol. The van der Waals surface area contributed by atoms with E-state index in [4.69, 9.17) is 12.2 Å². The second-order valence-electron chi connectivity index (χ2n) is 4.13. The summed E-state index contributed by atoms with van der Waals surface area (Å²) in [6.45, 7) is 6.46. The minimum atomic E-state index is 0.960. The molecule has 0 radical (unpaired) electrons. The van der Waals surface area contributed by atoms with Crippen LogP contribution < -0.4 is 4.90 Å². The van der Waals surface area contributed by atoms with Crippen molar-refractivity contribution in [3.63, 3.8) is 0 Å². The molecule has 0 atom stereocenters. The van der Waals surface area contributed by atoms with Gasteiger partial charge in [-0.15, -0.1) is 0 Å². The largest absolute Gasteiger partial charge is 0.372 e. The van der Waals surface area contributed by atoms with E-state index in [1.165, 1.54) is 16.1 Å². The summed E-state index contributed by atoms with van der Waals surface area (Å²) in [5.41, 5.74) is 2.51. The molecule has 0 fully saturated rings. The van der Waals surface area contributed by atoms with Gasteiger partial charge in [0.25, 0.3) is 0 Å². The first-order valence-electron chi connectivity index (χ1n) is 6.36. The summed E-state index contributed by atoms with van der Waals surface area (Å²) in [6, 6.07) is 10.7. The molecule has 0 saturated heterocycles. The van der Waals surface area contributed by atoms with Gasteiger partial charge in [0.1, 0.15) is 3.82 Å². The van der Waals surface area contributed by atoms with Gasteiger partial charge in [0, 0.05) is 23.7 Å². The zero-order valence-corrected chi connectivity index (χ0v) is 13.6. The lowest BCUT2D eigenvalue weighted by molar-refractivity contribution is 0.866. The third-order valence-electron chi connectivity index (χ3n) is 2.94. The van der Waals surface area contributed by atoms with Crippen LogP contribution in [-0.2, 0) is 0 Å². The number of benzene rings is 1. The molecule has 0 aliphatic rings. The molecule has 2 aromatic rings. The zero-order chi connectivity index (χ0) is 13.7. The van der Waals surface area contributed by atoms with Gasteiger partial charge in [-0.1, -0.05) is 51.1 Å². The van der Waals surface area contributed by atoms with E-state index in [1.807, 2.05) is 6.07 Å². The van der Waals surface area contributed by atoms with Crippen molar-refractivity contribution in [3.8, 4) is 0 Å². The maximum Gasteiger partial charge on any atom is 0.102 e. The lowest BCUT2D eigenvalue weighted by atomic mass is 10.1. The van der Waals surface area contributed by atoms with Crippen molar-refractivity contribution in [2.75, 3.05) is 18.0 Å². The Bertz CT molecular complexity index is 588. The Kier molecular flexibility index (Phi) is 5.31. The Morgan fingerprint density at radius 3 is 2.26 bits per heavy atom. The van der Waals surface area contributed by atoms with Crippen molar-refractivity contribution in [2.45, 2.75) is 13.8 Å². The van der Waals surface area contributed by atoms with Crippen LogP contribution in [0.15, 0.2) is 30.3 Å². The second-order valence-corrected chi connectivity index (χ2v) is 7.07. The Labute approximate surface area is 127 Å². The third-order valence-corrected chi connectivity index (χ3v) is 5.80. The van der Waals surface area contributed by atoms with E-state index in [2.05, 4.69) is 55.2 Å². The van der Waals surface area contributed by atoms with E-state index in [-0.39, 0.29) is 0 Å². The van der Waals surface area contributed by atoms with Crippen LogP contribution in [0.2, 0.25) is 0 Å². The SMILES string of the molecule is CCN(CC)c1ccc(/C=C/c2cc(=S)ss2)cc1. The Balaban J connectivity index is 2.10. The highest BCUT2D eigenvalue weighted by Crippen LogP contribution is 2.21. The van der Waals surface area contributed by atoms with Gasteiger partial charge in [-0.25, -0.2) is 0 Å². The molecule has 0 aliphatic carbocycles. The van der Waals surface area contributed by atoms with E-state index < -0.39 is 0 Å². The zero-order valence-electron chi connectivity index (χ0n) is 11.1. The minimum absolute atomic E-state index is 0.960. The number of anilines is 1. The average Bonchev–Trinajstić information content (AvgIpc) is 2.85. The van der Waals surface area contributed by atoms with Gasteiger partial charge in [-0.2, -0.15) is 0 Å². The molecule has 2 rings (SSSR count). The minimum Gasteiger partial charge on any atom is -0.372 e. The second kappa shape index (κ2) is 6.98.